The van der Waals surface area contributed by atoms with Crippen LogP contribution in [0.3, 0.4) is 0 Å². The van der Waals surface area contributed by atoms with Crippen LogP contribution in [0.1, 0.15) is 85.5 Å². The highest BCUT2D eigenvalue weighted by atomic mass is 35.5. The summed E-state index contributed by atoms with van der Waals surface area (Å²) in [6.07, 6.45) is 4.78. The van der Waals surface area contributed by atoms with E-state index in [1.54, 1.807) is 0 Å². The first-order valence-corrected chi connectivity index (χ1v) is 12.0. The molecule has 32 heavy (non-hydrogen) atoms. The van der Waals surface area contributed by atoms with Gasteiger partial charge in [0.1, 0.15) is 5.92 Å². The number of alkyl halides is 1. The molecule has 0 heterocycles. The summed E-state index contributed by atoms with van der Waals surface area (Å²) in [6, 6.07) is 0. The number of hydrogen-bond donors (Lipinski definition) is 0. The molecule has 9 heteroatoms. The van der Waals surface area contributed by atoms with Gasteiger partial charge in [-0.3, -0.25) is 9.59 Å². The fourth-order valence-corrected chi connectivity index (χ4v) is 2.83. The highest BCUT2D eigenvalue weighted by Crippen LogP contribution is 2.34. The van der Waals surface area contributed by atoms with Crippen molar-refractivity contribution in [1.29, 1.82) is 0 Å². The third-order valence-electron chi connectivity index (χ3n) is 4.69. The lowest BCUT2D eigenvalue weighted by molar-refractivity contribution is -0.171. The van der Waals surface area contributed by atoms with E-state index in [1.807, 2.05) is 27.7 Å². The molecule has 0 bridgehead atoms. The van der Waals surface area contributed by atoms with Crippen molar-refractivity contribution in [3.05, 3.63) is 0 Å². The van der Waals surface area contributed by atoms with Gasteiger partial charge in [-0.25, -0.2) is 9.59 Å². The highest BCUT2D eigenvalue weighted by Gasteiger charge is 2.58. The lowest BCUT2D eigenvalue weighted by atomic mass is 9.88. The van der Waals surface area contributed by atoms with Crippen LogP contribution in [0, 0.1) is 5.92 Å². The number of hydrogen-bond acceptors (Lipinski definition) is 8. The summed E-state index contributed by atoms with van der Waals surface area (Å²) in [6.45, 7) is 7.92. The van der Waals surface area contributed by atoms with Crippen LogP contribution < -0.4 is 0 Å². The smallest absolute Gasteiger partial charge is 0.339 e. The molecule has 0 fully saturated rings. The van der Waals surface area contributed by atoms with Gasteiger partial charge in [0, 0.05) is 0 Å². The van der Waals surface area contributed by atoms with Crippen molar-refractivity contribution >= 4 is 35.5 Å². The van der Waals surface area contributed by atoms with Gasteiger partial charge in [0.25, 0.3) is 4.87 Å². The maximum absolute atomic E-state index is 12.9. The fraction of sp³-hybridized carbons (Fsp3) is 0.826. The van der Waals surface area contributed by atoms with E-state index in [0.717, 1.165) is 25.7 Å². The molecular formula is C23H39ClO8. The summed E-state index contributed by atoms with van der Waals surface area (Å²) in [4.78, 5) is 48.5. The molecule has 0 N–H and O–H groups in total. The lowest BCUT2D eigenvalue weighted by Crippen LogP contribution is -2.54. The number of rotatable bonds is 18. The molecule has 0 saturated carbocycles. The number of unbranched alkanes of at least 4 members (excludes halogenated alkanes) is 4. The summed E-state index contributed by atoms with van der Waals surface area (Å²) in [5.74, 6) is -5.61. The highest BCUT2D eigenvalue weighted by molar-refractivity contribution is 6.46. The zero-order valence-electron chi connectivity index (χ0n) is 19.9. The van der Waals surface area contributed by atoms with Gasteiger partial charge < -0.3 is 18.9 Å². The zero-order chi connectivity index (χ0) is 24.4. The first-order valence-electron chi connectivity index (χ1n) is 11.6. The molecule has 186 valence electrons. The summed E-state index contributed by atoms with van der Waals surface area (Å²) in [5.41, 5.74) is 0. The van der Waals surface area contributed by atoms with E-state index in [1.165, 1.54) is 0 Å². The molecule has 0 radical (unpaired) electrons. The Morgan fingerprint density at radius 1 is 0.656 bits per heavy atom. The molecule has 0 aliphatic heterocycles. The zero-order valence-corrected chi connectivity index (χ0v) is 20.7. The van der Waals surface area contributed by atoms with Crippen LogP contribution in [0.15, 0.2) is 0 Å². The standard InChI is InChI=1S/C23H39ClO8/c1-5-9-13-29-19(25)17-18(20(26)30-14-10-6-2)23(24,21(27)31-15-11-7-3)22(28)32-16-12-8-4/h18H,5-17H2,1-4H3. The molecule has 1 atom stereocenters. The van der Waals surface area contributed by atoms with Gasteiger partial charge in [0.05, 0.1) is 32.8 Å². The average Bonchev–Trinajstić information content (AvgIpc) is 2.77. The van der Waals surface area contributed by atoms with E-state index in [9.17, 15) is 19.2 Å². The quantitative estimate of drug-likeness (QED) is 0.0941. The summed E-state index contributed by atoms with van der Waals surface area (Å²) in [7, 11) is 0. The normalized spacial score (nSPS) is 12.0. The van der Waals surface area contributed by atoms with Crippen molar-refractivity contribution in [1.82, 2.24) is 0 Å². The van der Waals surface area contributed by atoms with Gasteiger partial charge in [0.15, 0.2) is 0 Å². The maximum Gasteiger partial charge on any atom is 0.339 e. The lowest BCUT2D eigenvalue weighted by Gasteiger charge is -2.29. The van der Waals surface area contributed by atoms with Gasteiger partial charge in [-0.15, -0.1) is 0 Å². The van der Waals surface area contributed by atoms with Crippen LogP contribution in [-0.4, -0.2) is 55.2 Å². The molecule has 0 saturated heterocycles. The van der Waals surface area contributed by atoms with Crippen molar-refractivity contribution in [2.24, 2.45) is 5.92 Å². The minimum Gasteiger partial charge on any atom is -0.466 e. The van der Waals surface area contributed by atoms with E-state index >= 15 is 0 Å². The van der Waals surface area contributed by atoms with Crippen molar-refractivity contribution < 1.29 is 38.1 Å². The number of ether oxygens (including phenoxy) is 4. The molecule has 0 aliphatic carbocycles. The SMILES string of the molecule is CCCCOC(=O)CC(C(=O)OCCCC)C(Cl)(C(=O)OCCCC)C(=O)OCCCC. The van der Waals surface area contributed by atoms with E-state index < -0.39 is 41.1 Å². The first kappa shape index (κ1) is 30.2. The molecule has 0 aromatic carbocycles. The molecule has 1 unspecified atom stereocenters. The van der Waals surface area contributed by atoms with E-state index in [-0.39, 0.29) is 26.4 Å². The Bertz CT molecular complexity index is 556. The largest absolute Gasteiger partial charge is 0.466 e. The second-order valence-corrected chi connectivity index (χ2v) is 8.14. The Labute approximate surface area is 196 Å². The molecular weight excluding hydrogens is 440 g/mol. The maximum atomic E-state index is 12.9. The molecule has 0 aromatic heterocycles. The van der Waals surface area contributed by atoms with Crippen molar-refractivity contribution in [2.75, 3.05) is 26.4 Å². The van der Waals surface area contributed by atoms with Gasteiger partial charge in [0.2, 0.25) is 0 Å². The minimum absolute atomic E-state index is 0.0184. The van der Waals surface area contributed by atoms with Crippen molar-refractivity contribution in [3.63, 3.8) is 0 Å². The number of carbonyl (C=O) groups is 4. The molecule has 0 aliphatic rings. The predicted octanol–water partition coefficient (Wildman–Crippen LogP) is 4.34. The summed E-state index contributed by atoms with van der Waals surface area (Å²) < 4.78 is 20.7. The van der Waals surface area contributed by atoms with Crippen LogP contribution in [0.2, 0.25) is 0 Å². The molecule has 8 nitrogen and oxygen atoms in total. The van der Waals surface area contributed by atoms with Gasteiger partial charge in [-0.2, -0.15) is 0 Å². The van der Waals surface area contributed by atoms with Crippen LogP contribution in [0.25, 0.3) is 0 Å². The van der Waals surface area contributed by atoms with Crippen LogP contribution in [0.5, 0.6) is 0 Å². The predicted molar refractivity (Wildman–Crippen MR) is 120 cm³/mol. The van der Waals surface area contributed by atoms with E-state index in [2.05, 4.69) is 0 Å². The number of carbonyl (C=O) groups excluding carboxylic acids is 4. The molecule has 0 rings (SSSR count). The third-order valence-corrected chi connectivity index (χ3v) is 5.27. The van der Waals surface area contributed by atoms with E-state index in [4.69, 9.17) is 30.5 Å². The van der Waals surface area contributed by atoms with Crippen molar-refractivity contribution in [3.8, 4) is 0 Å². The monoisotopic (exact) mass is 478 g/mol. The van der Waals surface area contributed by atoms with Gasteiger partial charge in [-0.1, -0.05) is 65.0 Å². The molecule has 0 amide bonds. The number of halogens is 1. The average molecular weight is 479 g/mol. The second-order valence-electron chi connectivity index (χ2n) is 7.54. The van der Waals surface area contributed by atoms with Crippen molar-refractivity contribution in [2.45, 2.75) is 90.4 Å². The fourth-order valence-electron chi connectivity index (χ4n) is 2.56. The Balaban J connectivity index is 5.85. The van der Waals surface area contributed by atoms with Gasteiger partial charge in [-0.05, 0) is 25.7 Å². The van der Waals surface area contributed by atoms with Crippen LogP contribution >= 0.6 is 11.6 Å². The Morgan fingerprint density at radius 2 is 1.03 bits per heavy atom. The second kappa shape index (κ2) is 17.7. The van der Waals surface area contributed by atoms with Crippen LogP contribution in [-0.2, 0) is 38.1 Å². The third kappa shape index (κ3) is 10.7. The first-order chi connectivity index (χ1) is 15.3. The van der Waals surface area contributed by atoms with E-state index in [0.29, 0.717) is 25.7 Å². The Kier molecular flexibility index (Phi) is 16.7. The van der Waals surface area contributed by atoms with Gasteiger partial charge >= 0.3 is 23.9 Å². The number of esters is 4. The molecule has 0 spiro atoms. The van der Waals surface area contributed by atoms with Crippen LogP contribution in [0.4, 0.5) is 0 Å². The molecule has 0 aromatic rings. The summed E-state index contributed by atoms with van der Waals surface area (Å²) in [5, 5.41) is 0. The summed E-state index contributed by atoms with van der Waals surface area (Å²) >= 11 is 6.52. The Hall–Kier alpha value is -1.83. The minimum atomic E-state index is -2.55. The topological polar surface area (TPSA) is 105 Å². The Morgan fingerprint density at radius 3 is 1.44 bits per heavy atom.